The molecule has 1 saturated carbocycles. The number of hydrogen-bond acceptors (Lipinski definition) is 2. The standard InChI is InChI=1S/C10H12O.C3H6O2/c11-7-8-1-3-9(4-2-8)10-5-6-10;1-2-3(4)5/h1-4,10-11H,5-7H2;2H2,1H3,(H,4,5). The number of aliphatic hydroxyl groups is 1. The lowest BCUT2D eigenvalue weighted by atomic mass is 10.1. The van der Waals surface area contributed by atoms with Crippen molar-refractivity contribution in [1.29, 1.82) is 0 Å². The largest absolute Gasteiger partial charge is 0.481 e. The van der Waals surface area contributed by atoms with Gasteiger partial charge in [0, 0.05) is 6.42 Å². The van der Waals surface area contributed by atoms with E-state index < -0.39 is 5.97 Å². The lowest BCUT2D eigenvalue weighted by molar-refractivity contribution is -0.136. The van der Waals surface area contributed by atoms with Crippen LogP contribution in [-0.4, -0.2) is 16.2 Å². The molecule has 0 radical (unpaired) electrons. The minimum absolute atomic E-state index is 0.158. The summed E-state index contributed by atoms with van der Waals surface area (Å²) in [4.78, 5) is 9.37. The second-order valence-electron chi connectivity index (χ2n) is 3.92. The van der Waals surface area contributed by atoms with Gasteiger partial charge in [-0.3, -0.25) is 4.79 Å². The maximum atomic E-state index is 9.37. The molecule has 2 rings (SSSR count). The molecule has 88 valence electrons. The van der Waals surface area contributed by atoms with Gasteiger partial charge < -0.3 is 10.2 Å². The van der Waals surface area contributed by atoms with Crippen molar-refractivity contribution in [2.24, 2.45) is 0 Å². The van der Waals surface area contributed by atoms with Crippen molar-refractivity contribution in [2.75, 3.05) is 0 Å². The molecule has 0 amide bonds. The van der Waals surface area contributed by atoms with Gasteiger partial charge >= 0.3 is 5.97 Å². The molecular weight excluding hydrogens is 204 g/mol. The molecule has 1 aliphatic rings. The van der Waals surface area contributed by atoms with Gasteiger partial charge in [-0.1, -0.05) is 31.2 Å². The Balaban J connectivity index is 0.000000221. The van der Waals surface area contributed by atoms with E-state index in [-0.39, 0.29) is 13.0 Å². The van der Waals surface area contributed by atoms with Crippen LogP contribution in [0.2, 0.25) is 0 Å². The van der Waals surface area contributed by atoms with Gasteiger partial charge in [0.25, 0.3) is 0 Å². The molecular formula is C13H18O3. The Hall–Kier alpha value is -1.35. The molecule has 0 heterocycles. The predicted octanol–water partition coefficient (Wildman–Crippen LogP) is 2.54. The third-order valence-electron chi connectivity index (χ3n) is 2.51. The van der Waals surface area contributed by atoms with E-state index in [1.807, 2.05) is 12.1 Å². The van der Waals surface area contributed by atoms with Crippen molar-refractivity contribution in [3.05, 3.63) is 35.4 Å². The van der Waals surface area contributed by atoms with E-state index in [1.165, 1.54) is 18.4 Å². The first kappa shape index (κ1) is 12.7. The molecule has 1 aromatic carbocycles. The fraction of sp³-hybridized carbons (Fsp3) is 0.462. The highest BCUT2D eigenvalue weighted by atomic mass is 16.4. The minimum Gasteiger partial charge on any atom is -0.481 e. The van der Waals surface area contributed by atoms with E-state index in [0.29, 0.717) is 0 Å². The second kappa shape index (κ2) is 6.28. The normalized spacial score (nSPS) is 13.9. The van der Waals surface area contributed by atoms with Crippen LogP contribution in [0.25, 0.3) is 0 Å². The summed E-state index contributed by atoms with van der Waals surface area (Å²) in [6, 6.07) is 8.27. The minimum atomic E-state index is -0.745. The monoisotopic (exact) mass is 222 g/mol. The average molecular weight is 222 g/mol. The second-order valence-corrected chi connectivity index (χ2v) is 3.92. The molecule has 0 aromatic heterocycles. The van der Waals surface area contributed by atoms with Crippen LogP contribution in [0.15, 0.2) is 24.3 Å². The Bertz CT molecular complexity index is 326. The number of rotatable bonds is 3. The summed E-state index contributed by atoms with van der Waals surface area (Å²) in [6.45, 7) is 1.76. The molecule has 0 saturated heterocycles. The van der Waals surface area contributed by atoms with Crippen molar-refractivity contribution in [3.63, 3.8) is 0 Å². The number of carboxylic acid groups (broad SMARTS) is 1. The van der Waals surface area contributed by atoms with Crippen molar-refractivity contribution < 1.29 is 15.0 Å². The van der Waals surface area contributed by atoms with E-state index in [1.54, 1.807) is 6.92 Å². The summed E-state index contributed by atoms with van der Waals surface area (Å²) in [7, 11) is 0. The van der Waals surface area contributed by atoms with Gasteiger partial charge in [0.2, 0.25) is 0 Å². The molecule has 0 bridgehead atoms. The van der Waals surface area contributed by atoms with Crippen LogP contribution in [0.5, 0.6) is 0 Å². The van der Waals surface area contributed by atoms with Crippen LogP contribution in [-0.2, 0) is 11.4 Å². The fourth-order valence-corrected chi connectivity index (χ4v) is 1.31. The van der Waals surface area contributed by atoms with Gasteiger partial charge in [-0.2, -0.15) is 0 Å². The van der Waals surface area contributed by atoms with Gasteiger partial charge in [-0.25, -0.2) is 0 Å². The van der Waals surface area contributed by atoms with Gasteiger partial charge in [0.05, 0.1) is 6.61 Å². The molecule has 2 N–H and O–H groups in total. The number of hydrogen-bond donors (Lipinski definition) is 2. The van der Waals surface area contributed by atoms with Crippen LogP contribution >= 0.6 is 0 Å². The summed E-state index contributed by atoms with van der Waals surface area (Å²) < 4.78 is 0. The lowest BCUT2D eigenvalue weighted by Gasteiger charge is -1.98. The Labute approximate surface area is 95.7 Å². The number of aliphatic carboxylic acids is 1. The molecule has 0 spiro atoms. The maximum absolute atomic E-state index is 9.37. The van der Waals surface area contributed by atoms with Crippen LogP contribution in [0, 0.1) is 0 Å². The first-order valence-corrected chi connectivity index (χ1v) is 5.58. The molecule has 16 heavy (non-hydrogen) atoms. The van der Waals surface area contributed by atoms with E-state index in [0.717, 1.165) is 11.5 Å². The SMILES string of the molecule is CCC(=O)O.OCc1ccc(C2CC2)cc1. The number of carboxylic acids is 1. The third-order valence-corrected chi connectivity index (χ3v) is 2.51. The Morgan fingerprint density at radius 2 is 1.81 bits per heavy atom. The predicted molar refractivity (Wildman–Crippen MR) is 62.3 cm³/mol. The van der Waals surface area contributed by atoms with E-state index in [2.05, 4.69) is 12.1 Å². The highest BCUT2D eigenvalue weighted by Gasteiger charge is 2.22. The summed E-state index contributed by atoms with van der Waals surface area (Å²) in [6.07, 6.45) is 2.91. The quantitative estimate of drug-likeness (QED) is 0.826. The lowest BCUT2D eigenvalue weighted by Crippen LogP contribution is -1.86. The van der Waals surface area contributed by atoms with Crippen LogP contribution in [0.4, 0.5) is 0 Å². The summed E-state index contributed by atoms with van der Waals surface area (Å²) >= 11 is 0. The molecule has 3 nitrogen and oxygen atoms in total. The Morgan fingerprint density at radius 3 is 2.12 bits per heavy atom. The average Bonchev–Trinajstić information content (AvgIpc) is 3.14. The zero-order valence-corrected chi connectivity index (χ0v) is 9.52. The summed E-state index contributed by atoms with van der Waals surface area (Å²) in [5, 5.41) is 16.5. The van der Waals surface area contributed by atoms with Crippen molar-refractivity contribution in [1.82, 2.24) is 0 Å². The first-order valence-electron chi connectivity index (χ1n) is 5.58. The highest BCUT2D eigenvalue weighted by Crippen LogP contribution is 2.39. The van der Waals surface area contributed by atoms with E-state index in [4.69, 9.17) is 10.2 Å². The first-order chi connectivity index (χ1) is 7.67. The molecule has 0 aliphatic heterocycles. The maximum Gasteiger partial charge on any atom is 0.303 e. The van der Waals surface area contributed by atoms with Gasteiger partial charge in [-0.15, -0.1) is 0 Å². The van der Waals surface area contributed by atoms with Crippen LogP contribution in [0.1, 0.15) is 43.2 Å². The molecule has 3 heteroatoms. The Kier molecular flexibility index (Phi) is 4.99. The highest BCUT2D eigenvalue weighted by molar-refractivity contribution is 5.66. The number of aliphatic hydroxyl groups excluding tert-OH is 1. The van der Waals surface area contributed by atoms with Crippen molar-refractivity contribution in [2.45, 2.75) is 38.7 Å². The van der Waals surface area contributed by atoms with Crippen LogP contribution < -0.4 is 0 Å². The number of benzene rings is 1. The third kappa shape index (κ3) is 4.45. The summed E-state index contributed by atoms with van der Waals surface area (Å²) in [5.74, 6) is 0.0766. The molecule has 1 fully saturated rings. The fourth-order valence-electron chi connectivity index (χ4n) is 1.31. The van der Waals surface area contributed by atoms with E-state index >= 15 is 0 Å². The van der Waals surface area contributed by atoms with Crippen molar-refractivity contribution >= 4 is 5.97 Å². The Morgan fingerprint density at radius 1 is 1.31 bits per heavy atom. The van der Waals surface area contributed by atoms with E-state index in [9.17, 15) is 4.79 Å². The van der Waals surface area contributed by atoms with Gasteiger partial charge in [0.1, 0.15) is 0 Å². The van der Waals surface area contributed by atoms with Gasteiger partial charge in [0.15, 0.2) is 0 Å². The van der Waals surface area contributed by atoms with Crippen LogP contribution in [0.3, 0.4) is 0 Å². The van der Waals surface area contributed by atoms with Crippen molar-refractivity contribution in [3.8, 4) is 0 Å². The van der Waals surface area contributed by atoms with Gasteiger partial charge in [-0.05, 0) is 29.9 Å². The molecule has 0 unspecified atom stereocenters. The molecule has 1 aromatic rings. The summed E-state index contributed by atoms with van der Waals surface area (Å²) in [5.41, 5.74) is 2.44. The topological polar surface area (TPSA) is 57.5 Å². The molecule has 0 atom stereocenters. The zero-order chi connectivity index (χ0) is 12.0. The zero-order valence-electron chi connectivity index (χ0n) is 9.52. The number of carbonyl (C=O) groups is 1. The smallest absolute Gasteiger partial charge is 0.303 e. The molecule has 1 aliphatic carbocycles.